The molecule has 2 aliphatic rings. The van der Waals surface area contributed by atoms with Crippen LogP contribution in [0.4, 0.5) is 0 Å². The third-order valence-corrected chi connectivity index (χ3v) is 6.04. The molecule has 0 fully saturated rings. The van der Waals surface area contributed by atoms with Crippen molar-refractivity contribution < 1.29 is 9.59 Å². The van der Waals surface area contributed by atoms with E-state index in [1.807, 2.05) is 23.1 Å². The number of benzene rings is 2. The first-order valence-corrected chi connectivity index (χ1v) is 10.6. The van der Waals surface area contributed by atoms with Crippen LogP contribution in [0.25, 0.3) is 5.57 Å². The Bertz CT molecular complexity index is 1190. The maximum Gasteiger partial charge on any atom is 0.278 e. The molecule has 0 saturated carbocycles. The van der Waals surface area contributed by atoms with Gasteiger partial charge in [-0.3, -0.25) is 19.5 Å². The number of imide groups is 1. The molecule has 2 aromatic carbocycles. The first kappa shape index (κ1) is 19.5. The second-order valence-electron chi connectivity index (χ2n) is 7.73. The summed E-state index contributed by atoms with van der Waals surface area (Å²) in [7, 11) is 0. The van der Waals surface area contributed by atoms with Gasteiger partial charge in [-0.05, 0) is 46.9 Å². The summed E-state index contributed by atoms with van der Waals surface area (Å²) < 4.78 is 0. The highest BCUT2D eigenvalue weighted by Gasteiger charge is 2.42. The molecule has 5 rings (SSSR count). The second-order valence-corrected chi connectivity index (χ2v) is 8.16. The molecular formula is C25H20ClN3O2. The number of hydrogen-bond acceptors (Lipinski definition) is 4. The maximum atomic E-state index is 13.5. The minimum Gasteiger partial charge on any atom is -0.362 e. The molecule has 2 amide bonds. The van der Waals surface area contributed by atoms with E-state index in [4.69, 9.17) is 11.6 Å². The maximum absolute atomic E-state index is 13.5. The number of rotatable bonds is 4. The Labute approximate surface area is 185 Å². The number of hydrogen-bond donors (Lipinski definition) is 0. The van der Waals surface area contributed by atoms with Gasteiger partial charge in [0.05, 0.1) is 12.1 Å². The molecule has 0 saturated heterocycles. The molecule has 0 radical (unpaired) electrons. The normalized spacial score (nSPS) is 16.2. The standard InChI is InChI=1S/C25H20ClN3O2/c26-21-9-7-19(8-10-21)22-23(28-13-11-18-5-1-2-6-20(18)16-28)25(31)29(24(22)30)15-17-4-3-12-27-14-17/h1-10,12,14H,11,13,15-16H2. The van der Waals surface area contributed by atoms with Crippen LogP contribution in [0.15, 0.2) is 78.8 Å². The Morgan fingerprint density at radius 3 is 2.42 bits per heavy atom. The lowest BCUT2D eigenvalue weighted by molar-refractivity contribution is -0.138. The van der Waals surface area contributed by atoms with Crippen molar-refractivity contribution in [2.75, 3.05) is 6.54 Å². The number of halogens is 1. The highest BCUT2D eigenvalue weighted by molar-refractivity contribution is 6.35. The van der Waals surface area contributed by atoms with Gasteiger partial charge >= 0.3 is 0 Å². The van der Waals surface area contributed by atoms with Gasteiger partial charge < -0.3 is 4.90 Å². The van der Waals surface area contributed by atoms with Crippen LogP contribution in [0.1, 0.15) is 22.3 Å². The fourth-order valence-corrected chi connectivity index (χ4v) is 4.36. The Hall–Kier alpha value is -3.44. The predicted octanol–water partition coefficient (Wildman–Crippen LogP) is 4.07. The Balaban J connectivity index is 1.56. The van der Waals surface area contributed by atoms with Crippen molar-refractivity contribution in [2.24, 2.45) is 0 Å². The van der Waals surface area contributed by atoms with Gasteiger partial charge in [-0.25, -0.2) is 0 Å². The van der Waals surface area contributed by atoms with Gasteiger partial charge in [0.1, 0.15) is 5.70 Å². The van der Waals surface area contributed by atoms with Crippen LogP contribution < -0.4 is 0 Å². The summed E-state index contributed by atoms with van der Waals surface area (Å²) in [6, 6.07) is 19.0. The number of amides is 2. The van der Waals surface area contributed by atoms with Crippen LogP contribution in [0, 0.1) is 0 Å². The quantitative estimate of drug-likeness (QED) is 0.586. The molecule has 0 spiro atoms. The first-order valence-electron chi connectivity index (χ1n) is 10.2. The molecule has 1 aromatic heterocycles. The van der Waals surface area contributed by atoms with E-state index < -0.39 is 0 Å². The molecule has 2 aliphatic heterocycles. The van der Waals surface area contributed by atoms with Crippen molar-refractivity contribution >= 4 is 29.0 Å². The molecule has 0 atom stereocenters. The highest BCUT2D eigenvalue weighted by atomic mass is 35.5. The fourth-order valence-electron chi connectivity index (χ4n) is 4.24. The van der Waals surface area contributed by atoms with Crippen molar-refractivity contribution in [1.82, 2.24) is 14.8 Å². The average Bonchev–Trinajstić information content (AvgIpc) is 3.05. The van der Waals surface area contributed by atoms with E-state index in [-0.39, 0.29) is 18.4 Å². The van der Waals surface area contributed by atoms with Crippen molar-refractivity contribution in [3.05, 3.63) is 106 Å². The molecule has 5 nitrogen and oxygen atoms in total. The minimum absolute atomic E-state index is 0.191. The summed E-state index contributed by atoms with van der Waals surface area (Å²) in [6.07, 6.45) is 4.18. The molecule has 3 heterocycles. The van der Waals surface area contributed by atoms with Gasteiger partial charge in [0.25, 0.3) is 11.8 Å². The van der Waals surface area contributed by atoms with E-state index in [0.717, 1.165) is 12.0 Å². The van der Waals surface area contributed by atoms with E-state index in [9.17, 15) is 9.59 Å². The predicted molar refractivity (Wildman–Crippen MR) is 119 cm³/mol. The number of aromatic nitrogens is 1. The Kier molecular flexibility index (Phi) is 5.04. The number of nitrogens with zero attached hydrogens (tertiary/aromatic N) is 3. The molecule has 0 N–H and O–H groups in total. The lowest BCUT2D eigenvalue weighted by Gasteiger charge is -2.31. The van der Waals surface area contributed by atoms with Crippen LogP contribution in [-0.2, 0) is 29.1 Å². The first-order chi connectivity index (χ1) is 15.1. The van der Waals surface area contributed by atoms with Crippen LogP contribution in [-0.4, -0.2) is 33.1 Å². The average molecular weight is 430 g/mol. The van der Waals surface area contributed by atoms with Crippen molar-refractivity contribution in [3.63, 3.8) is 0 Å². The highest BCUT2D eigenvalue weighted by Crippen LogP contribution is 2.35. The summed E-state index contributed by atoms with van der Waals surface area (Å²) in [6.45, 7) is 1.47. The van der Waals surface area contributed by atoms with E-state index >= 15 is 0 Å². The zero-order valence-electron chi connectivity index (χ0n) is 16.8. The topological polar surface area (TPSA) is 53.5 Å². The molecule has 0 unspecified atom stereocenters. The smallest absolute Gasteiger partial charge is 0.278 e. The summed E-state index contributed by atoms with van der Waals surface area (Å²) in [5.74, 6) is -0.553. The third-order valence-electron chi connectivity index (χ3n) is 5.79. The van der Waals surface area contributed by atoms with Crippen LogP contribution >= 0.6 is 11.6 Å². The fraction of sp³-hybridized carbons (Fsp3) is 0.160. The molecule has 0 bridgehead atoms. The van der Waals surface area contributed by atoms with Crippen LogP contribution in [0.5, 0.6) is 0 Å². The second kappa shape index (κ2) is 8.00. The van der Waals surface area contributed by atoms with Gasteiger partial charge in [0.2, 0.25) is 0 Å². The molecule has 3 aromatic rings. The van der Waals surface area contributed by atoms with Gasteiger partial charge in [-0.15, -0.1) is 0 Å². The number of fused-ring (bicyclic) bond motifs is 1. The lowest BCUT2D eigenvalue weighted by atomic mass is 9.98. The SMILES string of the molecule is O=C1C(c2ccc(Cl)cc2)=C(N2CCc3ccccc3C2)C(=O)N1Cc1cccnc1. The molecule has 0 aliphatic carbocycles. The molecule has 31 heavy (non-hydrogen) atoms. The van der Waals surface area contributed by atoms with Gasteiger partial charge in [-0.2, -0.15) is 0 Å². The van der Waals surface area contributed by atoms with E-state index in [1.165, 1.54) is 16.0 Å². The van der Waals surface area contributed by atoms with Gasteiger partial charge in [-0.1, -0.05) is 54.1 Å². The van der Waals surface area contributed by atoms with Crippen molar-refractivity contribution in [3.8, 4) is 0 Å². The summed E-state index contributed by atoms with van der Waals surface area (Å²) in [5.41, 5.74) is 4.88. The largest absolute Gasteiger partial charge is 0.362 e. The number of carbonyl (C=O) groups is 2. The number of pyridine rings is 1. The van der Waals surface area contributed by atoms with Crippen LogP contribution in [0.2, 0.25) is 5.02 Å². The Morgan fingerprint density at radius 1 is 0.903 bits per heavy atom. The summed E-state index contributed by atoms with van der Waals surface area (Å²) in [5, 5.41) is 0.585. The summed E-state index contributed by atoms with van der Waals surface area (Å²) in [4.78, 5) is 34.5. The zero-order valence-corrected chi connectivity index (χ0v) is 17.5. The van der Waals surface area contributed by atoms with E-state index in [2.05, 4.69) is 17.1 Å². The molecule has 6 heteroatoms. The van der Waals surface area contributed by atoms with Crippen molar-refractivity contribution in [1.29, 1.82) is 0 Å². The van der Waals surface area contributed by atoms with E-state index in [0.29, 0.717) is 34.9 Å². The van der Waals surface area contributed by atoms with Gasteiger partial charge in [0.15, 0.2) is 0 Å². The molecular weight excluding hydrogens is 410 g/mol. The third kappa shape index (κ3) is 3.62. The Morgan fingerprint density at radius 2 is 1.68 bits per heavy atom. The van der Waals surface area contributed by atoms with E-state index in [1.54, 1.807) is 42.7 Å². The zero-order chi connectivity index (χ0) is 21.4. The lowest BCUT2D eigenvalue weighted by Crippen LogP contribution is -2.37. The number of carbonyl (C=O) groups excluding carboxylic acids is 2. The van der Waals surface area contributed by atoms with Gasteiger partial charge in [0, 0.05) is 30.5 Å². The monoisotopic (exact) mass is 429 g/mol. The van der Waals surface area contributed by atoms with Crippen LogP contribution in [0.3, 0.4) is 0 Å². The minimum atomic E-state index is -0.287. The molecule has 154 valence electrons. The van der Waals surface area contributed by atoms with Crippen molar-refractivity contribution in [2.45, 2.75) is 19.5 Å². The summed E-state index contributed by atoms with van der Waals surface area (Å²) >= 11 is 6.06.